The molecule has 0 aromatic heterocycles. The summed E-state index contributed by atoms with van der Waals surface area (Å²) in [6, 6.07) is 3.15. The minimum Gasteiger partial charge on any atom is -0.489 e. The summed E-state index contributed by atoms with van der Waals surface area (Å²) in [6.07, 6.45) is 0. The highest BCUT2D eigenvalue weighted by Gasteiger charge is 2.08. The van der Waals surface area contributed by atoms with Gasteiger partial charge in [0.1, 0.15) is 6.61 Å². The Hall–Kier alpha value is -0.190. The Kier molecular flexibility index (Phi) is 6.24. The predicted octanol–water partition coefficient (Wildman–Crippen LogP) is 2.61. The van der Waals surface area contributed by atoms with Crippen molar-refractivity contribution in [1.29, 1.82) is 0 Å². The van der Waals surface area contributed by atoms with E-state index in [4.69, 9.17) is 44.6 Å². The second-order valence-corrected chi connectivity index (χ2v) is 4.27. The molecule has 0 aliphatic heterocycles. The monoisotopic (exact) mass is 283 g/mol. The van der Waals surface area contributed by atoms with E-state index in [2.05, 4.69) is 5.32 Å². The second-order valence-electron chi connectivity index (χ2n) is 3.02. The summed E-state index contributed by atoms with van der Waals surface area (Å²) in [5.74, 6) is 0.429. The molecule has 0 aliphatic carbocycles. The molecule has 0 bridgehead atoms. The van der Waals surface area contributed by atoms with Crippen molar-refractivity contribution in [2.45, 2.75) is 0 Å². The zero-order chi connectivity index (χ0) is 12.0. The summed E-state index contributed by atoms with van der Waals surface area (Å²) in [6.45, 7) is 1.66. The Balaban J connectivity index is 2.47. The first-order valence-electron chi connectivity index (χ1n) is 4.74. The Morgan fingerprint density at radius 1 is 1.12 bits per heavy atom. The molecule has 90 valence electrons. The fraction of sp³-hybridized carbons (Fsp3) is 0.400. The number of hydrogen-bond acceptors (Lipinski definition) is 3. The smallest absolute Gasteiger partial charge is 0.156 e. The molecule has 0 saturated carbocycles. The molecule has 0 unspecified atom stereocenters. The van der Waals surface area contributed by atoms with Gasteiger partial charge in [-0.1, -0.05) is 34.8 Å². The van der Waals surface area contributed by atoms with E-state index < -0.39 is 0 Å². The van der Waals surface area contributed by atoms with Crippen molar-refractivity contribution in [2.75, 3.05) is 26.3 Å². The molecule has 0 amide bonds. The summed E-state index contributed by atoms with van der Waals surface area (Å²) in [4.78, 5) is 0. The lowest BCUT2D eigenvalue weighted by atomic mass is 10.3. The van der Waals surface area contributed by atoms with E-state index in [0.717, 1.165) is 0 Å². The van der Waals surface area contributed by atoms with E-state index >= 15 is 0 Å². The normalized spacial score (nSPS) is 10.5. The maximum absolute atomic E-state index is 8.54. The average molecular weight is 285 g/mol. The third-order valence-electron chi connectivity index (χ3n) is 1.78. The van der Waals surface area contributed by atoms with E-state index in [0.29, 0.717) is 40.5 Å². The Morgan fingerprint density at radius 2 is 1.75 bits per heavy atom. The number of benzene rings is 1. The minimum atomic E-state index is 0.0997. The van der Waals surface area contributed by atoms with E-state index in [-0.39, 0.29) is 6.61 Å². The van der Waals surface area contributed by atoms with Gasteiger partial charge in [-0.05, 0) is 12.1 Å². The summed E-state index contributed by atoms with van der Waals surface area (Å²) < 4.78 is 5.40. The lowest BCUT2D eigenvalue weighted by Gasteiger charge is -2.10. The Labute approximate surface area is 109 Å². The fourth-order valence-electron chi connectivity index (χ4n) is 1.10. The Bertz CT molecular complexity index is 324. The summed E-state index contributed by atoms with van der Waals surface area (Å²) in [7, 11) is 0. The maximum atomic E-state index is 8.54. The van der Waals surface area contributed by atoms with Gasteiger partial charge in [0.2, 0.25) is 0 Å². The van der Waals surface area contributed by atoms with Gasteiger partial charge in [0.05, 0.1) is 16.7 Å². The molecule has 3 nitrogen and oxygen atoms in total. The van der Waals surface area contributed by atoms with Gasteiger partial charge in [0.15, 0.2) is 5.75 Å². The highest BCUT2D eigenvalue weighted by atomic mass is 35.5. The highest BCUT2D eigenvalue weighted by Crippen LogP contribution is 2.35. The molecule has 0 aliphatic rings. The van der Waals surface area contributed by atoms with Crippen LogP contribution in [0.4, 0.5) is 0 Å². The van der Waals surface area contributed by atoms with Gasteiger partial charge < -0.3 is 15.2 Å². The van der Waals surface area contributed by atoms with E-state index in [9.17, 15) is 0 Å². The van der Waals surface area contributed by atoms with E-state index in [1.54, 1.807) is 12.1 Å². The quantitative estimate of drug-likeness (QED) is 0.789. The van der Waals surface area contributed by atoms with Crippen molar-refractivity contribution in [3.05, 3.63) is 27.2 Å². The molecule has 0 fully saturated rings. The van der Waals surface area contributed by atoms with Crippen LogP contribution in [0.1, 0.15) is 0 Å². The van der Waals surface area contributed by atoms with Crippen LogP contribution in [0.25, 0.3) is 0 Å². The molecule has 1 aromatic rings. The summed E-state index contributed by atoms with van der Waals surface area (Å²) >= 11 is 17.6. The molecule has 1 rings (SSSR count). The summed E-state index contributed by atoms with van der Waals surface area (Å²) in [5, 5.41) is 12.8. The molecule has 16 heavy (non-hydrogen) atoms. The molecule has 6 heteroatoms. The number of rotatable bonds is 6. The van der Waals surface area contributed by atoms with Crippen molar-refractivity contribution in [2.24, 2.45) is 0 Å². The first-order valence-corrected chi connectivity index (χ1v) is 5.87. The second kappa shape index (κ2) is 7.20. The van der Waals surface area contributed by atoms with Crippen LogP contribution in [0.2, 0.25) is 15.1 Å². The first kappa shape index (κ1) is 13.9. The van der Waals surface area contributed by atoms with Crippen molar-refractivity contribution in [3.63, 3.8) is 0 Å². The number of aliphatic hydroxyl groups is 1. The Morgan fingerprint density at radius 3 is 2.31 bits per heavy atom. The van der Waals surface area contributed by atoms with Crippen LogP contribution >= 0.6 is 34.8 Å². The molecule has 0 radical (unpaired) electrons. The molecular weight excluding hydrogens is 272 g/mol. The van der Waals surface area contributed by atoms with Crippen LogP contribution in [0.5, 0.6) is 5.75 Å². The number of aliphatic hydroxyl groups excluding tert-OH is 1. The molecule has 0 heterocycles. The predicted molar refractivity (Wildman–Crippen MR) is 66.9 cm³/mol. The van der Waals surface area contributed by atoms with Crippen LogP contribution in [0, 0.1) is 0 Å². The van der Waals surface area contributed by atoms with Crippen molar-refractivity contribution >= 4 is 34.8 Å². The fourth-order valence-corrected chi connectivity index (χ4v) is 2.02. The number of hydrogen-bond donors (Lipinski definition) is 2. The molecule has 0 saturated heterocycles. The number of nitrogens with one attached hydrogen (secondary N) is 1. The summed E-state index contributed by atoms with van der Waals surface area (Å²) in [5.41, 5.74) is 0. The van der Waals surface area contributed by atoms with Crippen LogP contribution in [0.3, 0.4) is 0 Å². The molecule has 2 N–H and O–H groups in total. The lowest BCUT2D eigenvalue weighted by molar-refractivity contribution is 0.276. The topological polar surface area (TPSA) is 41.5 Å². The SMILES string of the molecule is OCCNCCOc1c(Cl)cc(Cl)cc1Cl. The maximum Gasteiger partial charge on any atom is 0.156 e. The largest absolute Gasteiger partial charge is 0.489 e. The standard InChI is InChI=1S/C10H12Cl3NO2/c11-7-5-8(12)10(9(13)6-7)16-4-2-14-1-3-15/h5-6,14-15H,1-4H2. The van der Waals surface area contributed by atoms with Gasteiger partial charge in [-0.3, -0.25) is 0 Å². The first-order chi connectivity index (χ1) is 7.65. The highest BCUT2D eigenvalue weighted by molar-refractivity contribution is 6.40. The molecule has 0 atom stereocenters. The van der Waals surface area contributed by atoms with Gasteiger partial charge in [-0.15, -0.1) is 0 Å². The average Bonchev–Trinajstić information content (AvgIpc) is 2.20. The van der Waals surface area contributed by atoms with Crippen molar-refractivity contribution < 1.29 is 9.84 Å². The molecular formula is C10H12Cl3NO2. The molecule has 0 spiro atoms. The van der Waals surface area contributed by atoms with Crippen LogP contribution in [-0.2, 0) is 0 Å². The van der Waals surface area contributed by atoms with Crippen LogP contribution in [0.15, 0.2) is 12.1 Å². The third kappa shape index (κ3) is 4.36. The van der Waals surface area contributed by atoms with Gasteiger partial charge in [0, 0.05) is 18.1 Å². The third-order valence-corrected chi connectivity index (χ3v) is 2.56. The lowest BCUT2D eigenvalue weighted by Crippen LogP contribution is -2.24. The van der Waals surface area contributed by atoms with Crippen molar-refractivity contribution in [1.82, 2.24) is 5.32 Å². The van der Waals surface area contributed by atoms with Gasteiger partial charge in [0.25, 0.3) is 0 Å². The number of halogens is 3. The molecule has 1 aromatic carbocycles. The number of ether oxygens (including phenoxy) is 1. The van der Waals surface area contributed by atoms with Crippen LogP contribution in [-0.4, -0.2) is 31.4 Å². The zero-order valence-electron chi connectivity index (χ0n) is 8.47. The van der Waals surface area contributed by atoms with Gasteiger partial charge >= 0.3 is 0 Å². The van der Waals surface area contributed by atoms with Crippen LogP contribution < -0.4 is 10.1 Å². The van der Waals surface area contributed by atoms with Gasteiger partial charge in [-0.25, -0.2) is 0 Å². The zero-order valence-corrected chi connectivity index (χ0v) is 10.7. The van der Waals surface area contributed by atoms with Gasteiger partial charge in [-0.2, -0.15) is 0 Å². The minimum absolute atomic E-state index is 0.0997. The van der Waals surface area contributed by atoms with Crippen molar-refractivity contribution in [3.8, 4) is 5.75 Å². The van der Waals surface area contributed by atoms with E-state index in [1.807, 2.05) is 0 Å². The van der Waals surface area contributed by atoms with E-state index in [1.165, 1.54) is 0 Å².